The molecule has 1 unspecified atom stereocenters. The molecule has 9 nitrogen and oxygen atoms in total. The highest BCUT2D eigenvalue weighted by Gasteiger charge is 2.39. The largest absolute Gasteiger partial charge is 0.342 e. The zero-order valence-electron chi connectivity index (χ0n) is 19.5. The van der Waals surface area contributed by atoms with Crippen molar-refractivity contribution in [3.8, 4) is 0 Å². The van der Waals surface area contributed by atoms with Gasteiger partial charge in [0, 0.05) is 50.1 Å². The third-order valence-electron chi connectivity index (χ3n) is 7.78. The summed E-state index contributed by atoms with van der Waals surface area (Å²) in [4.78, 5) is 55.4. The Labute approximate surface area is 199 Å². The summed E-state index contributed by atoms with van der Waals surface area (Å²) in [6, 6.07) is 5.54. The summed E-state index contributed by atoms with van der Waals surface area (Å²) in [5.74, 6) is -0.420. The first-order valence-electron chi connectivity index (χ1n) is 12.4. The molecule has 5 rings (SSSR count). The maximum Gasteiger partial charge on any atom is 0.255 e. The number of fused-ring (bicyclic) bond motifs is 1. The molecule has 0 aliphatic carbocycles. The lowest BCUT2D eigenvalue weighted by atomic mass is 9.93. The normalized spacial score (nSPS) is 25.0. The SMILES string of the molecule is NC1CCN(C(=O)C2CCN(Cc3ccc4c(c3)CN(C3CCC(=O)NC3=O)C4=O)CC2)CC1. The summed E-state index contributed by atoms with van der Waals surface area (Å²) in [7, 11) is 0. The number of hydrogen-bond acceptors (Lipinski definition) is 6. The van der Waals surface area contributed by atoms with Gasteiger partial charge in [-0.1, -0.05) is 12.1 Å². The molecule has 182 valence electrons. The van der Waals surface area contributed by atoms with Crippen molar-refractivity contribution in [3.05, 3.63) is 34.9 Å². The molecule has 0 saturated carbocycles. The lowest BCUT2D eigenvalue weighted by Gasteiger charge is -2.36. The number of benzene rings is 1. The maximum atomic E-state index is 12.9. The van der Waals surface area contributed by atoms with Crippen molar-refractivity contribution in [2.75, 3.05) is 26.2 Å². The molecule has 4 aliphatic heterocycles. The minimum absolute atomic E-state index is 0.102. The minimum Gasteiger partial charge on any atom is -0.342 e. The Morgan fingerprint density at radius 2 is 1.74 bits per heavy atom. The van der Waals surface area contributed by atoms with E-state index in [9.17, 15) is 19.2 Å². The second-order valence-corrected chi connectivity index (χ2v) is 10.1. The van der Waals surface area contributed by atoms with E-state index in [0.29, 0.717) is 18.5 Å². The first-order valence-corrected chi connectivity index (χ1v) is 12.4. The molecule has 34 heavy (non-hydrogen) atoms. The number of amides is 4. The van der Waals surface area contributed by atoms with Crippen LogP contribution in [0.5, 0.6) is 0 Å². The number of carbonyl (C=O) groups excluding carboxylic acids is 4. The Bertz CT molecular complexity index is 995. The van der Waals surface area contributed by atoms with Crippen LogP contribution in [-0.4, -0.2) is 76.6 Å². The maximum absolute atomic E-state index is 12.9. The predicted molar refractivity (Wildman–Crippen MR) is 124 cm³/mol. The number of nitrogens with one attached hydrogen (secondary N) is 1. The molecule has 0 radical (unpaired) electrons. The highest BCUT2D eigenvalue weighted by atomic mass is 16.2. The fourth-order valence-electron chi connectivity index (χ4n) is 5.70. The topological polar surface area (TPSA) is 116 Å². The Kier molecular flexibility index (Phi) is 6.40. The van der Waals surface area contributed by atoms with Gasteiger partial charge in [-0.05, 0) is 62.4 Å². The molecule has 4 aliphatic rings. The Balaban J connectivity index is 1.16. The van der Waals surface area contributed by atoms with Crippen molar-refractivity contribution in [1.29, 1.82) is 0 Å². The molecular weight excluding hydrogens is 434 g/mol. The van der Waals surface area contributed by atoms with Crippen LogP contribution in [0.25, 0.3) is 0 Å². The van der Waals surface area contributed by atoms with Crippen LogP contribution >= 0.6 is 0 Å². The highest BCUT2D eigenvalue weighted by molar-refractivity contribution is 6.05. The monoisotopic (exact) mass is 467 g/mol. The summed E-state index contributed by atoms with van der Waals surface area (Å²) in [5.41, 5.74) is 8.67. The average molecular weight is 468 g/mol. The van der Waals surface area contributed by atoms with Crippen LogP contribution < -0.4 is 11.1 Å². The highest BCUT2D eigenvalue weighted by Crippen LogP contribution is 2.29. The van der Waals surface area contributed by atoms with Gasteiger partial charge in [0.25, 0.3) is 5.91 Å². The summed E-state index contributed by atoms with van der Waals surface area (Å²) >= 11 is 0. The van der Waals surface area contributed by atoms with Gasteiger partial charge >= 0.3 is 0 Å². The van der Waals surface area contributed by atoms with E-state index in [1.807, 2.05) is 17.0 Å². The van der Waals surface area contributed by atoms with Crippen molar-refractivity contribution in [3.63, 3.8) is 0 Å². The van der Waals surface area contributed by atoms with Crippen LogP contribution in [0.15, 0.2) is 18.2 Å². The third-order valence-corrected chi connectivity index (χ3v) is 7.78. The van der Waals surface area contributed by atoms with Crippen LogP contribution in [0, 0.1) is 5.92 Å². The third kappa shape index (κ3) is 4.59. The van der Waals surface area contributed by atoms with Crippen LogP contribution in [-0.2, 0) is 27.5 Å². The van der Waals surface area contributed by atoms with Crippen LogP contribution in [0.3, 0.4) is 0 Å². The fourth-order valence-corrected chi connectivity index (χ4v) is 5.70. The standard InChI is InChI=1S/C25H33N5O4/c26-19-7-11-29(12-8-19)24(33)17-5-9-28(10-6-17)14-16-1-2-20-18(13-16)15-30(25(20)34)21-3-4-22(31)27-23(21)32/h1-2,13,17,19,21H,3-12,14-15,26H2,(H,27,31,32). The van der Waals surface area contributed by atoms with Gasteiger partial charge in [0.2, 0.25) is 17.7 Å². The molecule has 4 heterocycles. The molecule has 9 heteroatoms. The van der Waals surface area contributed by atoms with Gasteiger partial charge in [-0.15, -0.1) is 0 Å². The number of hydrogen-bond donors (Lipinski definition) is 2. The summed E-state index contributed by atoms with van der Waals surface area (Å²) < 4.78 is 0. The lowest BCUT2D eigenvalue weighted by Crippen LogP contribution is -2.52. The lowest BCUT2D eigenvalue weighted by molar-refractivity contribution is -0.138. The molecule has 3 N–H and O–H groups in total. The number of imide groups is 1. The van der Waals surface area contributed by atoms with Gasteiger partial charge in [-0.3, -0.25) is 29.4 Å². The summed E-state index contributed by atoms with van der Waals surface area (Å²) in [6.45, 7) is 4.49. The Morgan fingerprint density at radius 1 is 1.00 bits per heavy atom. The van der Waals surface area contributed by atoms with E-state index in [4.69, 9.17) is 5.73 Å². The molecule has 1 aromatic rings. The number of nitrogens with two attached hydrogens (primary N) is 1. The van der Waals surface area contributed by atoms with Gasteiger partial charge in [-0.25, -0.2) is 0 Å². The van der Waals surface area contributed by atoms with Gasteiger partial charge in [0.1, 0.15) is 6.04 Å². The van der Waals surface area contributed by atoms with E-state index in [2.05, 4.69) is 16.3 Å². The fraction of sp³-hybridized carbons (Fsp3) is 0.600. The van der Waals surface area contributed by atoms with Crippen LogP contribution in [0.1, 0.15) is 60.0 Å². The molecule has 1 atom stereocenters. The average Bonchev–Trinajstić information content (AvgIpc) is 3.15. The second-order valence-electron chi connectivity index (χ2n) is 10.1. The smallest absolute Gasteiger partial charge is 0.255 e. The van der Waals surface area contributed by atoms with Crippen molar-refractivity contribution < 1.29 is 19.2 Å². The second kappa shape index (κ2) is 9.46. The number of likely N-dealkylation sites (tertiary alicyclic amines) is 2. The van der Waals surface area contributed by atoms with E-state index >= 15 is 0 Å². The van der Waals surface area contributed by atoms with Crippen molar-refractivity contribution >= 4 is 23.6 Å². The predicted octanol–water partition coefficient (Wildman–Crippen LogP) is 0.609. The quantitative estimate of drug-likeness (QED) is 0.627. The molecule has 0 spiro atoms. The van der Waals surface area contributed by atoms with Crippen LogP contribution in [0.2, 0.25) is 0 Å². The van der Waals surface area contributed by atoms with E-state index < -0.39 is 6.04 Å². The molecule has 3 fully saturated rings. The number of piperidine rings is 3. The van der Waals surface area contributed by atoms with E-state index in [0.717, 1.165) is 69.5 Å². The molecule has 0 aromatic heterocycles. The van der Waals surface area contributed by atoms with Crippen molar-refractivity contribution in [2.24, 2.45) is 11.7 Å². The van der Waals surface area contributed by atoms with Gasteiger partial charge < -0.3 is 15.5 Å². The Morgan fingerprint density at radius 3 is 2.44 bits per heavy atom. The Hall–Kier alpha value is -2.78. The van der Waals surface area contributed by atoms with Crippen molar-refractivity contribution in [2.45, 2.75) is 63.7 Å². The first kappa shape index (κ1) is 23.0. The molecule has 0 bridgehead atoms. The zero-order valence-corrected chi connectivity index (χ0v) is 19.5. The van der Waals surface area contributed by atoms with E-state index in [1.54, 1.807) is 4.90 Å². The summed E-state index contributed by atoms with van der Waals surface area (Å²) in [5, 5.41) is 2.34. The van der Waals surface area contributed by atoms with E-state index in [-0.39, 0.29) is 42.0 Å². The summed E-state index contributed by atoms with van der Waals surface area (Å²) in [6.07, 6.45) is 4.15. The van der Waals surface area contributed by atoms with Gasteiger partial charge in [0.05, 0.1) is 0 Å². The first-order chi connectivity index (χ1) is 16.4. The van der Waals surface area contributed by atoms with Gasteiger partial charge in [-0.2, -0.15) is 0 Å². The van der Waals surface area contributed by atoms with Crippen molar-refractivity contribution in [1.82, 2.24) is 20.0 Å². The number of rotatable bonds is 4. The molecule has 3 saturated heterocycles. The molecular formula is C25H33N5O4. The van der Waals surface area contributed by atoms with Crippen LogP contribution in [0.4, 0.5) is 0 Å². The van der Waals surface area contributed by atoms with Gasteiger partial charge in [0.15, 0.2) is 0 Å². The number of carbonyl (C=O) groups is 4. The number of nitrogens with zero attached hydrogens (tertiary/aromatic N) is 3. The molecule has 4 amide bonds. The zero-order chi connectivity index (χ0) is 23.8. The van der Waals surface area contributed by atoms with E-state index in [1.165, 1.54) is 0 Å². The molecule has 1 aromatic carbocycles. The minimum atomic E-state index is -0.590.